The van der Waals surface area contributed by atoms with Crippen molar-refractivity contribution in [2.24, 2.45) is 17.4 Å². The minimum Gasteiger partial charge on any atom is -0.481 e. The third-order valence-electron chi connectivity index (χ3n) is 5.46. The molecule has 4 unspecified atom stereocenters. The van der Waals surface area contributed by atoms with Gasteiger partial charge in [0.1, 0.15) is 18.1 Å². The molecule has 13 heteroatoms. The molecule has 0 radical (unpaired) electrons. The maximum absolute atomic E-state index is 13.1. The number of hydrogen-bond acceptors (Lipinski definition) is 7. The highest BCUT2D eigenvalue weighted by atomic mass is 16.4. The molecule has 0 bridgehead atoms. The smallest absolute Gasteiger partial charge is 0.326 e. The molecule has 37 heavy (non-hydrogen) atoms. The molecule has 1 rings (SSSR count). The molecule has 1 aromatic rings. The molecule has 0 aliphatic heterocycles. The van der Waals surface area contributed by atoms with E-state index < -0.39 is 65.7 Å². The van der Waals surface area contributed by atoms with Crippen LogP contribution in [0.5, 0.6) is 0 Å². The van der Waals surface area contributed by atoms with Crippen LogP contribution in [0.25, 0.3) is 0 Å². The molecule has 4 atom stereocenters. The van der Waals surface area contributed by atoms with Crippen molar-refractivity contribution in [3.8, 4) is 0 Å². The maximum atomic E-state index is 13.1. The molecule has 0 saturated heterocycles. The number of amides is 4. The number of primary amides is 1. The number of rotatable bonds is 16. The van der Waals surface area contributed by atoms with Crippen molar-refractivity contribution in [3.63, 3.8) is 0 Å². The zero-order chi connectivity index (χ0) is 28.1. The van der Waals surface area contributed by atoms with Crippen LogP contribution >= 0.6 is 0 Å². The standard InChI is InChI=1S/C24H35N5O8/c1-13(2)20(24(36)37)29-23(35)17(12-14-6-4-3-5-7-14)28-22(34)16(9-10-18(26)30)27-21(33)15(25)8-11-19(31)32/h3-7,13,15-17,20H,8-12,25H2,1-2H3,(H2,26,30)(H,27,33)(H,28,34)(H,29,35)(H,31,32)(H,36,37). The molecule has 13 nitrogen and oxygen atoms in total. The summed E-state index contributed by atoms with van der Waals surface area (Å²) < 4.78 is 0. The maximum Gasteiger partial charge on any atom is 0.326 e. The summed E-state index contributed by atoms with van der Waals surface area (Å²) in [7, 11) is 0. The lowest BCUT2D eigenvalue weighted by molar-refractivity contribution is -0.143. The normalized spacial score (nSPS) is 14.1. The van der Waals surface area contributed by atoms with Crippen LogP contribution in [0.1, 0.15) is 45.1 Å². The van der Waals surface area contributed by atoms with Crippen molar-refractivity contribution in [1.29, 1.82) is 0 Å². The summed E-state index contributed by atoms with van der Waals surface area (Å²) in [5.74, 6) is -5.96. The summed E-state index contributed by atoms with van der Waals surface area (Å²) >= 11 is 0. The topological polar surface area (TPSA) is 231 Å². The number of aliphatic carboxylic acids is 2. The largest absolute Gasteiger partial charge is 0.481 e. The van der Waals surface area contributed by atoms with Crippen molar-refractivity contribution < 1.29 is 39.0 Å². The molecule has 0 spiro atoms. The minimum atomic E-state index is -1.32. The van der Waals surface area contributed by atoms with Crippen molar-refractivity contribution in [1.82, 2.24) is 16.0 Å². The van der Waals surface area contributed by atoms with E-state index in [0.717, 1.165) is 0 Å². The monoisotopic (exact) mass is 521 g/mol. The first-order chi connectivity index (χ1) is 17.3. The molecule has 204 valence electrons. The molecule has 0 aromatic heterocycles. The number of carbonyl (C=O) groups is 6. The first kappa shape index (κ1) is 31.0. The van der Waals surface area contributed by atoms with E-state index in [4.69, 9.17) is 16.6 Å². The van der Waals surface area contributed by atoms with Crippen LogP contribution in [0.15, 0.2) is 30.3 Å². The molecular weight excluding hydrogens is 486 g/mol. The van der Waals surface area contributed by atoms with Gasteiger partial charge in [-0.3, -0.25) is 24.0 Å². The summed E-state index contributed by atoms with van der Waals surface area (Å²) in [6.07, 6.45) is -1.02. The molecule has 0 fully saturated rings. The predicted octanol–water partition coefficient (Wildman–Crippen LogP) is -1.12. The van der Waals surface area contributed by atoms with Crippen molar-refractivity contribution >= 4 is 35.6 Å². The van der Waals surface area contributed by atoms with Gasteiger partial charge in [-0.05, 0) is 24.3 Å². The second-order valence-electron chi connectivity index (χ2n) is 8.92. The minimum absolute atomic E-state index is 0.0114. The average Bonchev–Trinajstić information content (AvgIpc) is 2.82. The number of nitrogens with one attached hydrogen (secondary N) is 3. The van der Waals surface area contributed by atoms with Crippen LogP contribution in [0.2, 0.25) is 0 Å². The van der Waals surface area contributed by atoms with E-state index in [-0.39, 0.29) is 32.1 Å². The fraction of sp³-hybridized carbons (Fsp3) is 0.500. The fourth-order valence-corrected chi connectivity index (χ4v) is 3.34. The van der Waals surface area contributed by atoms with Crippen LogP contribution in [-0.4, -0.2) is 69.9 Å². The highest BCUT2D eigenvalue weighted by Gasteiger charge is 2.31. The summed E-state index contributed by atoms with van der Waals surface area (Å²) in [4.78, 5) is 72.3. The van der Waals surface area contributed by atoms with Crippen LogP contribution in [0.3, 0.4) is 0 Å². The summed E-state index contributed by atoms with van der Waals surface area (Å²) in [6.45, 7) is 3.24. The molecular formula is C24H35N5O8. The summed E-state index contributed by atoms with van der Waals surface area (Å²) in [6, 6.07) is 3.69. The highest BCUT2D eigenvalue weighted by Crippen LogP contribution is 2.08. The Morgan fingerprint density at radius 2 is 1.38 bits per heavy atom. The molecule has 0 saturated carbocycles. The third-order valence-corrected chi connectivity index (χ3v) is 5.46. The number of carbonyl (C=O) groups excluding carboxylic acids is 4. The number of benzene rings is 1. The van der Waals surface area contributed by atoms with E-state index in [1.54, 1.807) is 44.2 Å². The zero-order valence-electron chi connectivity index (χ0n) is 20.8. The van der Waals surface area contributed by atoms with Gasteiger partial charge in [-0.2, -0.15) is 0 Å². The van der Waals surface area contributed by atoms with Gasteiger partial charge >= 0.3 is 11.9 Å². The van der Waals surface area contributed by atoms with E-state index >= 15 is 0 Å². The first-order valence-corrected chi connectivity index (χ1v) is 11.7. The van der Waals surface area contributed by atoms with Crippen LogP contribution in [0.4, 0.5) is 0 Å². The fourth-order valence-electron chi connectivity index (χ4n) is 3.34. The van der Waals surface area contributed by atoms with E-state index in [1.807, 2.05) is 0 Å². The number of hydrogen-bond donors (Lipinski definition) is 7. The number of carboxylic acids is 2. The van der Waals surface area contributed by atoms with E-state index in [1.165, 1.54) is 0 Å². The molecule has 0 aliphatic carbocycles. The van der Waals surface area contributed by atoms with Gasteiger partial charge in [-0.25, -0.2) is 4.79 Å². The van der Waals surface area contributed by atoms with E-state index in [2.05, 4.69) is 16.0 Å². The van der Waals surface area contributed by atoms with Gasteiger partial charge in [-0.15, -0.1) is 0 Å². The Morgan fingerprint density at radius 3 is 1.89 bits per heavy atom. The van der Waals surface area contributed by atoms with Gasteiger partial charge in [0.15, 0.2) is 0 Å². The van der Waals surface area contributed by atoms with Crippen molar-refractivity contribution in [2.45, 2.75) is 70.1 Å². The molecule has 1 aromatic carbocycles. The molecule has 0 heterocycles. The Bertz CT molecular complexity index is 969. The number of carboxylic acid groups (broad SMARTS) is 2. The molecule has 4 amide bonds. The van der Waals surface area contributed by atoms with Gasteiger partial charge in [0, 0.05) is 19.3 Å². The van der Waals surface area contributed by atoms with E-state index in [9.17, 15) is 33.9 Å². The van der Waals surface area contributed by atoms with Gasteiger partial charge in [0.2, 0.25) is 23.6 Å². The van der Waals surface area contributed by atoms with Crippen molar-refractivity contribution in [2.75, 3.05) is 0 Å². The van der Waals surface area contributed by atoms with Crippen LogP contribution in [-0.2, 0) is 35.2 Å². The van der Waals surface area contributed by atoms with Gasteiger partial charge in [0.25, 0.3) is 0 Å². The highest BCUT2D eigenvalue weighted by molar-refractivity contribution is 5.94. The third kappa shape index (κ3) is 11.5. The molecule has 0 aliphatic rings. The lowest BCUT2D eigenvalue weighted by Gasteiger charge is -2.26. The number of nitrogens with two attached hydrogens (primary N) is 2. The van der Waals surface area contributed by atoms with E-state index in [0.29, 0.717) is 5.56 Å². The quantitative estimate of drug-likeness (QED) is 0.139. The Labute approximate surface area is 214 Å². The Morgan fingerprint density at radius 1 is 0.811 bits per heavy atom. The van der Waals surface area contributed by atoms with Gasteiger partial charge < -0.3 is 37.6 Å². The van der Waals surface area contributed by atoms with Gasteiger partial charge in [-0.1, -0.05) is 44.2 Å². The van der Waals surface area contributed by atoms with Crippen LogP contribution in [0, 0.1) is 5.92 Å². The Kier molecular flexibility index (Phi) is 12.7. The summed E-state index contributed by atoms with van der Waals surface area (Å²) in [5.41, 5.74) is 11.6. The first-order valence-electron chi connectivity index (χ1n) is 11.7. The second kappa shape index (κ2) is 15.2. The lowest BCUT2D eigenvalue weighted by atomic mass is 10.0. The average molecular weight is 522 g/mol. The van der Waals surface area contributed by atoms with Crippen molar-refractivity contribution in [3.05, 3.63) is 35.9 Å². The predicted molar refractivity (Wildman–Crippen MR) is 132 cm³/mol. The second-order valence-corrected chi connectivity index (χ2v) is 8.92. The Balaban J connectivity index is 3.12. The Hall–Kier alpha value is -4.00. The summed E-state index contributed by atoms with van der Waals surface area (Å²) in [5, 5.41) is 25.6. The molecule has 9 N–H and O–H groups in total. The SMILES string of the molecule is CC(C)C(NC(=O)C(Cc1ccccc1)NC(=O)C(CCC(N)=O)NC(=O)C(N)CCC(=O)O)C(=O)O. The zero-order valence-corrected chi connectivity index (χ0v) is 20.8. The van der Waals surface area contributed by atoms with Gasteiger partial charge in [0.05, 0.1) is 6.04 Å². The van der Waals surface area contributed by atoms with Crippen LogP contribution < -0.4 is 27.4 Å². The lowest BCUT2D eigenvalue weighted by Crippen LogP contribution is -2.58.